The molecule has 0 aliphatic rings. The fourth-order valence-electron chi connectivity index (χ4n) is 2.60. The Morgan fingerprint density at radius 1 is 1.29 bits per heavy atom. The van der Waals surface area contributed by atoms with E-state index in [0.717, 1.165) is 24.1 Å². The molecular weight excluding hydrogens is 300 g/mol. The predicted octanol–water partition coefficient (Wildman–Crippen LogP) is 3.98. The van der Waals surface area contributed by atoms with Crippen LogP contribution < -0.4 is 5.32 Å². The maximum Gasteiger partial charge on any atom is 0.317 e. The van der Waals surface area contributed by atoms with Crippen molar-refractivity contribution in [2.45, 2.75) is 52.1 Å². The van der Waals surface area contributed by atoms with Crippen molar-refractivity contribution in [3.63, 3.8) is 0 Å². The number of para-hydroxylation sites is 1. The molecule has 0 fully saturated rings. The van der Waals surface area contributed by atoms with Crippen molar-refractivity contribution in [1.29, 1.82) is 0 Å². The van der Waals surface area contributed by atoms with Gasteiger partial charge in [-0.3, -0.25) is 0 Å². The van der Waals surface area contributed by atoms with Crippen LogP contribution in [-0.2, 0) is 6.54 Å². The number of amides is 2. The van der Waals surface area contributed by atoms with Crippen LogP contribution >= 0.6 is 0 Å². The third kappa shape index (κ3) is 5.41. The molecule has 2 amide bonds. The van der Waals surface area contributed by atoms with E-state index in [1.165, 1.54) is 12.8 Å². The van der Waals surface area contributed by atoms with E-state index in [2.05, 4.69) is 24.3 Å². The Hall–Kier alpha value is -2.30. The van der Waals surface area contributed by atoms with Crippen molar-refractivity contribution in [2.75, 3.05) is 7.05 Å². The van der Waals surface area contributed by atoms with Gasteiger partial charge in [0.1, 0.15) is 0 Å². The summed E-state index contributed by atoms with van der Waals surface area (Å²) in [5, 5.41) is 7.43. The first kappa shape index (κ1) is 18.0. The van der Waals surface area contributed by atoms with Crippen molar-refractivity contribution in [2.24, 2.45) is 0 Å². The lowest BCUT2D eigenvalue weighted by molar-refractivity contribution is 0.202. The molecule has 0 spiro atoms. The van der Waals surface area contributed by atoms with Crippen LogP contribution in [0.2, 0.25) is 0 Å². The van der Waals surface area contributed by atoms with Gasteiger partial charge in [-0.05, 0) is 25.5 Å². The van der Waals surface area contributed by atoms with Crippen LogP contribution in [-0.4, -0.2) is 33.8 Å². The topological polar surface area (TPSA) is 50.2 Å². The minimum absolute atomic E-state index is 0.0357. The van der Waals surface area contributed by atoms with Crippen molar-refractivity contribution in [3.8, 4) is 5.69 Å². The number of hydrogen-bond donors (Lipinski definition) is 1. The summed E-state index contributed by atoms with van der Waals surface area (Å²) in [5.41, 5.74) is 2.02. The Morgan fingerprint density at radius 3 is 2.75 bits per heavy atom. The van der Waals surface area contributed by atoms with Gasteiger partial charge in [-0.15, -0.1) is 0 Å². The smallest absolute Gasteiger partial charge is 0.317 e. The minimum atomic E-state index is -0.0357. The third-order valence-electron chi connectivity index (χ3n) is 4.03. The van der Waals surface area contributed by atoms with Crippen molar-refractivity contribution >= 4 is 6.03 Å². The van der Waals surface area contributed by atoms with Gasteiger partial charge in [0.15, 0.2) is 0 Å². The predicted molar refractivity (Wildman–Crippen MR) is 97.2 cm³/mol. The Labute approximate surface area is 144 Å². The molecule has 0 radical (unpaired) electrons. The van der Waals surface area contributed by atoms with Gasteiger partial charge < -0.3 is 10.2 Å². The van der Waals surface area contributed by atoms with E-state index >= 15 is 0 Å². The van der Waals surface area contributed by atoms with Gasteiger partial charge in [-0.25, -0.2) is 9.48 Å². The number of nitrogens with zero attached hydrogens (tertiary/aromatic N) is 3. The van der Waals surface area contributed by atoms with E-state index in [1.54, 1.807) is 4.90 Å². The summed E-state index contributed by atoms with van der Waals surface area (Å²) in [5.74, 6) is 0. The molecule has 2 rings (SSSR count). The lowest BCUT2D eigenvalue weighted by Gasteiger charge is -2.21. The molecule has 0 aliphatic heterocycles. The van der Waals surface area contributed by atoms with E-state index in [-0.39, 0.29) is 12.1 Å². The highest BCUT2D eigenvalue weighted by Crippen LogP contribution is 2.09. The molecule has 1 aromatic carbocycles. The second kappa shape index (κ2) is 9.11. The van der Waals surface area contributed by atoms with Crippen molar-refractivity contribution < 1.29 is 4.79 Å². The number of carbonyl (C=O) groups excluding carboxylic acids is 1. The Kier molecular flexibility index (Phi) is 6.85. The number of unbranched alkanes of at least 4 members (excludes halogenated alkanes) is 2. The number of aromatic nitrogens is 2. The fraction of sp³-hybridized carbons (Fsp3) is 0.474. The number of benzene rings is 1. The zero-order valence-corrected chi connectivity index (χ0v) is 14.9. The number of carbonyl (C=O) groups is 1. The Balaban J connectivity index is 1.84. The van der Waals surface area contributed by atoms with E-state index in [4.69, 9.17) is 0 Å². The zero-order chi connectivity index (χ0) is 17.4. The first-order valence-corrected chi connectivity index (χ1v) is 8.70. The average Bonchev–Trinajstić information content (AvgIpc) is 3.04. The highest BCUT2D eigenvalue weighted by molar-refractivity contribution is 5.74. The van der Waals surface area contributed by atoms with E-state index in [9.17, 15) is 4.79 Å². The first-order valence-electron chi connectivity index (χ1n) is 8.70. The molecule has 0 aliphatic carbocycles. The molecular formula is C19H28N4O. The maximum absolute atomic E-state index is 12.3. The van der Waals surface area contributed by atoms with Crippen LogP contribution in [0.4, 0.5) is 4.79 Å². The largest absolute Gasteiger partial charge is 0.336 e. The summed E-state index contributed by atoms with van der Waals surface area (Å²) in [6.45, 7) is 4.79. The standard InChI is InChI=1S/C19H28N4O/c1-4-5-7-10-16(2)21-19(24)22(3)14-17-13-20-23(15-17)18-11-8-6-9-12-18/h6,8-9,11-13,15-16H,4-5,7,10,14H2,1-3H3,(H,21,24). The van der Waals surface area contributed by atoms with Gasteiger partial charge in [0.2, 0.25) is 0 Å². The van der Waals surface area contributed by atoms with Crippen molar-refractivity contribution in [1.82, 2.24) is 20.0 Å². The van der Waals surface area contributed by atoms with Crippen LogP contribution in [0.25, 0.3) is 5.69 Å². The van der Waals surface area contributed by atoms with Gasteiger partial charge in [0, 0.05) is 24.8 Å². The van der Waals surface area contributed by atoms with E-state index in [1.807, 2.05) is 54.5 Å². The molecule has 0 saturated heterocycles. The molecule has 1 heterocycles. The van der Waals surface area contributed by atoms with Gasteiger partial charge in [-0.1, -0.05) is 44.4 Å². The molecule has 1 aromatic heterocycles. The summed E-state index contributed by atoms with van der Waals surface area (Å²) in [4.78, 5) is 14.0. The number of nitrogens with one attached hydrogen (secondary N) is 1. The van der Waals surface area contributed by atoms with Gasteiger partial charge in [-0.2, -0.15) is 5.10 Å². The lowest BCUT2D eigenvalue weighted by Crippen LogP contribution is -2.41. The summed E-state index contributed by atoms with van der Waals surface area (Å²) in [7, 11) is 1.81. The highest BCUT2D eigenvalue weighted by atomic mass is 16.2. The first-order chi connectivity index (χ1) is 11.6. The van der Waals surface area contributed by atoms with E-state index in [0.29, 0.717) is 6.54 Å². The zero-order valence-electron chi connectivity index (χ0n) is 14.9. The molecule has 130 valence electrons. The van der Waals surface area contributed by atoms with Crippen LogP contribution in [0, 0.1) is 0 Å². The normalized spacial score (nSPS) is 12.0. The SMILES string of the molecule is CCCCCC(C)NC(=O)N(C)Cc1cnn(-c2ccccc2)c1. The molecule has 0 bridgehead atoms. The summed E-state index contributed by atoms with van der Waals surface area (Å²) >= 11 is 0. The van der Waals surface area contributed by atoms with Gasteiger partial charge in [0.05, 0.1) is 18.4 Å². The van der Waals surface area contributed by atoms with Crippen LogP contribution in [0.1, 0.15) is 45.1 Å². The Morgan fingerprint density at radius 2 is 2.04 bits per heavy atom. The molecule has 5 nitrogen and oxygen atoms in total. The highest BCUT2D eigenvalue weighted by Gasteiger charge is 2.13. The molecule has 24 heavy (non-hydrogen) atoms. The quantitative estimate of drug-likeness (QED) is 0.745. The second-order valence-corrected chi connectivity index (χ2v) is 6.33. The van der Waals surface area contributed by atoms with Gasteiger partial charge in [0.25, 0.3) is 0 Å². The number of urea groups is 1. The Bertz CT molecular complexity index is 623. The maximum atomic E-state index is 12.3. The van der Waals surface area contributed by atoms with Crippen molar-refractivity contribution in [3.05, 3.63) is 48.3 Å². The monoisotopic (exact) mass is 328 g/mol. The molecule has 1 unspecified atom stereocenters. The van der Waals surface area contributed by atoms with Gasteiger partial charge >= 0.3 is 6.03 Å². The van der Waals surface area contributed by atoms with Crippen LogP contribution in [0.3, 0.4) is 0 Å². The molecule has 1 atom stereocenters. The van der Waals surface area contributed by atoms with Crippen LogP contribution in [0.15, 0.2) is 42.7 Å². The summed E-state index contributed by atoms with van der Waals surface area (Å²) in [6, 6.07) is 10.1. The third-order valence-corrected chi connectivity index (χ3v) is 4.03. The summed E-state index contributed by atoms with van der Waals surface area (Å²) < 4.78 is 1.83. The average molecular weight is 328 g/mol. The lowest BCUT2D eigenvalue weighted by atomic mass is 10.1. The van der Waals surface area contributed by atoms with E-state index < -0.39 is 0 Å². The number of hydrogen-bond acceptors (Lipinski definition) is 2. The molecule has 2 aromatic rings. The summed E-state index contributed by atoms with van der Waals surface area (Å²) in [6.07, 6.45) is 8.37. The molecule has 5 heteroatoms. The molecule has 0 saturated carbocycles. The second-order valence-electron chi connectivity index (χ2n) is 6.33. The fourth-order valence-corrected chi connectivity index (χ4v) is 2.60. The molecule has 1 N–H and O–H groups in total. The number of rotatable bonds is 8. The van der Waals surface area contributed by atoms with Crippen LogP contribution in [0.5, 0.6) is 0 Å². The minimum Gasteiger partial charge on any atom is -0.336 e.